The normalized spacial score (nSPS) is 10.6. The number of carbonyl (C=O) groups excluding carboxylic acids is 2. The van der Waals surface area contributed by atoms with Crippen LogP contribution in [0.2, 0.25) is 15.1 Å². The van der Waals surface area contributed by atoms with Crippen molar-refractivity contribution in [2.45, 2.75) is 26.3 Å². The molecule has 0 radical (unpaired) electrons. The van der Waals surface area contributed by atoms with Crippen molar-refractivity contribution in [3.63, 3.8) is 0 Å². The molecule has 0 atom stereocenters. The van der Waals surface area contributed by atoms with Crippen molar-refractivity contribution in [2.24, 2.45) is 0 Å². The van der Waals surface area contributed by atoms with Crippen molar-refractivity contribution >= 4 is 58.5 Å². The van der Waals surface area contributed by atoms with E-state index in [1.165, 1.54) is 35.2 Å². The maximum absolute atomic E-state index is 13.3. The number of carbonyl (C=O) groups is 3. The Labute approximate surface area is 223 Å². The summed E-state index contributed by atoms with van der Waals surface area (Å²) in [6.45, 7) is 2.15. The van der Waals surface area contributed by atoms with Gasteiger partial charge in [0.2, 0.25) is 0 Å². The molecule has 0 heterocycles. The summed E-state index contributed by atoms with van der Waals surface area (Å²) < 4.78 is 5.56. The van der Waals surface area contributed by atoms with Crippen molar-refractivity contribution in [1.82, 2.24) is 5.32 Å². The zero-order chi connectivity index (χ0) is 26.2. The van der Waals surface area contributed by atoms with Gasteiger partial charge in [0.25, 0.3) is 5.91 Å². The monoisotopic (exact) mass is 548 g/mol. The van der Waals surface area contributed by atoms with E-state index in [0.717, 1.165) is 17.5 Å². The minimum Gasteiger partial charge on any atom is -0.481 e. The third-order valence-electron chi connectivity index (χ3n) is 5.09. The number of hydrogen-bond acceptors (Lipinski definition) is 4. The van der Waals surface area contributed by atoms with Gasteiger partial charge >= 0.3 is 12.1 Å². The number of carboxylic acids is 1. The lowest BCUT2D eigenvalue weighted by Crippen LogP contribution is -2.33. The fourth-order valence-corrected chi connectivity index (χ4v) is 4.16. The standard InChI is InChI=1S/C26H23Cl3N2O5/c1-2-16-9-17(11-19(27)10-16)15-31(26(35)36-23-13-20(28)12-21(29)14-23)22-5-3-18(4-6-22)25(34)30-8-7-24(32)33/h3-6,9-14H,2,7-8,15H2,1H3,(H,30,34)(H,32,33). The molecule has 0 aromatic heterocycles. The van der Waals surface area contributed by atoms with Crippen molar-refractivity contribution in [1.29, 1.82) is 0 Å². The first kappa shape index (κ1) is 27.3. The second kappa shape index (κ2) is 12.6. The molecule has 188 valence electrons. The highest BCUT2D eigenvalue weighted by atomic mass is 35.5. The number of carboxylic acid groups (broad SMARTS) is 1. The van der Waals surface area contributed by atoms with Crippen molar-refractivity contribution in [3.8, 4) is 5.75 Å². The van der Waals surface area contributed by atoms with Gasteiger partial charge in [0.05, 0.1) is 13.0 Å². The molecule has 3 rings (SSSR count). The van der Waals surface area contributed by atoms with E-state index in [0.29, 0.717) is 26.3 Å². The number of nitrogens with zero attached hydrogens (tertiary/aromatic N) is 1. The topological polar surface area (TPSA) is 95.9 Å². The van der Waals surface area contributed by atoms with Gasteiger partial charge in [-0.1, -0.05) is 47.8 Å². The number of hydrogen-bond donors (Lipinski definition) is 2. The average Bonchev–Trinajstić information content (AvgIpc) is 2.81. The fraction of sp³-hybridized carbons (Fsp3) is 0.192. The van der Waals surface area contributed by atoms with Crippen LogP contribution in [0.3, 0.4) is 0 Å². The van der Waals surface area contributed by atoms with Crippen LogP contribution in [0.25, 0.3) is 0 Å². The zero-order valence-electron chi connectivity index (χ0n) is 19.3. The molecule has 0 aliphatic heterocycles. The number of amides is 2. The van der Waals surface area contributed by atoms with Gasteiger partial charge in [-0.3, -0.25) is 14.5 Å². The molecule has 3 aromatic rings. The molecule has 2 N–H and O–H groups in total. The molecule has 0 saturated carbocycles. The van der Waals surface area contributed by atoms with Crippen molar-refractivity contribution < 1.29 is 24.2 Å². The molecular formula is C26H23Cl3N2O5. The van der Waals surface area contributed by atoms with E-state index in [9.17, 15) is 14.4 Å². The van der Waals surface area contributed by atoms with E-state index in [4.69, 9.17) is 44.6 Å². The van der Waals surface area contributed by atoms with E-state index in [1.807, 2.05) is 19.1 Å². The summed E-state index contributed by atoms with van der Waals surface area (Å²) in [5.74, 6) is -1.25. The molecule has 7 nitrogen and oxygen atoms in total. The summed E-state index contributed by atoms with van der Waals surface area (Å²) in [6, 6.07) is 16.3. The van der Waals surface area contributed by atoms with Gasteiger partial charge in [-0.05, 0) is 72.1 Å². The summed E-state index contributed by atoms with van der Waals surface area (Å²) in [7, 11) is 0. The summed E-state index contributed by atoms with van der Waals surface area (Å²) in [5.41, 5.74) is 2.58. The van der Waals surface area contributed by atoms with Crippen LogP contribution < -0.4 is 15.0 Å². The molecule has 0 aliphatic carbocycles. The number of benzene rings is 3. The van der Waals surface area contributed by atoms with Crippen LogP contribution in [0.15, 0.2) is 60.7 Å². The fourth-order valence-electron chi connectivity index (χ4n) is 3.38. The SMILES string of the molecule is CCc1cc(Cl)cc(CN(C(=O)Oc2cc(Cl)cc(Cl)c2)c2ccc(C(=O)NCCC(=O)O)cc2)c1. The molecule has 0 saturated heterocycles. The quantitative estimate of drug-likeness (QED) is 0.313. The second-order valence-corrected chi connectivity index (χ2v) is 9.14. The second-order valence-electron chi connectivity index (χ2n) is 7.83. The Kier molecular flexibility index (Phi) is 9.58. The Bertz CT molecular complexity index is 1240. The van der Waals surface area contributed by atoms with E-state index >= 15 is 0 Å². The lowest BCUT2D eigenvalue weighted by atomic mass is 10.1. The van der Waals surface area contributed by atoms with Gasteiger partial charge in [0.15, 0.2) is 0 Å². The molecule has 2 amide bonds. The summed E-state index contributed by atoms with van der Waals surface area (Å²) in [6.07, 6.45) is -0.105. The van der Waals surface area contributed by atoms with Crippen LogP contribution in [-0.4, -0.2) is 29.6 Å². The number of aliphatic carboxylic acids is 1. The van der Waals surface area contributed by atoms with Gasteiger partial charge in [-0.25, -0.2) is 4.79 Å². The van der Waals surface area contributed by atoms with E-state index < -0.39 is 18.0 Å². The summed E-state index contributed by atoms with van der Waals surface area (Å²) >= 11 is 18.3. The lowest BCUT2D eigenvalue weighted by Gasteiger charge is -2.23. The number of anilines is 1. The van der Waals surface area contributed by atoms with Crippen LogP contribution in [0.5, 0.6) is 5.75 Å². The Morgan fingerprint density at radius 1 is 0.889 bits per heavy atom. The summed E-state index contributed by atoms with van der Waals surface area (Å²) in [5, 5.41) is 12.5. The van der Waals surface area contributed by atoms with Gasteiger partial charge in [-0.15, -0.1) is 0 Å². The number of halogens is 3. The predicted molar refractivity (Wildman–Crippen MR) is 141 cm³/mol. The first-order chi connectivity index (χ1) is 17.1. The molecule has 36 heavy (non-hydrogen) atoms. The lowest BCUT2D eigenvalue weighted by molar-refractivity contribution is -0.136. The van der Waals surface area contributed by atoms with Crippen LogP contribution >= 0.6 is 34.8 Å². The van der Waals surface area contributed by atoms with Gasteiger partial charge in [-0.2, -0.15) is 0 Å². The maximum atomic E-state index is 13.3. The van der Waals surface area contributed by atoms with Crippen LogP contribution in [0, 0.1) is 0 Å². The maximum Gasteiger partial charge on any atom is 0.420 e. The summed E-state index contributed by atoms with van der Waals surface area (Å²) in [4.78, 5) is 37.6. The van der Waals surface area contributed by atoms with Crippen molar-refractivity contribution in [3.05, 3.63) is 92.4 Å². The van der Waals surface area contributed by atoms with Crippen molar-refractivity contribution in [2.75, 3.05) is 11.4 Å². The minimum absolute atomic E-state index is 0.00505. The third-order valence-corrected chi connectivity index (χ3v) is 5.75. The molecule has 0 fully saturated rings. The Hall–Kier alpha value is -3.26. The average molecular weight is 550 g/mol. The number of rotatable bonds is 9. The van der Waals surface area contributed by atoms with Crippen LogP contribution in [-0.2, 0) is 17.8 Å². The Balaban J connectivity index is 1.87. The van der Waals surface area contributed by atoms with Gasteiger partial charge in [0.1, 0.15) is 5.75 Å². The molecule has 3 aromatic carbocycles. The largest absolute Gasteiger partial charge is 0.481 e. The molecular weight excluding hydrogens is 527 g/mol. The smallest absolute Gasteiger partial charge is 0.420 e. The molecule has 0 aliphatic rings. The van der Waals surface area contributed by atoms with E-state index in [2.05, 4.69) is 5.32 Å². The Morgan fingerprint density at radius 3 is 2.11 bits per heavy atom. The first-order valence-electron chi connectivity index (χ1n) is 11.0. The van der Waals surface area contributed by atoms with E-state index in [-0.39, 0.29) is 25.3 Å². The predicted octanol–water partition coefficient (Wildman–Crippen LogP) is 6.62. The molecule has 0 unspecified atom stereocenters. The molecule has 0 spiro atoms. The first-order valence-corrected chi connectivity index (χ1v) is 12.1. The number of aryl methyl sites for hydroxylation is 1. The number of ether oxygens (including phenoxy) is 1. The van der Waals surface area contributed by atoms with Crippen LogP contribution in [0.4, 0.5) is 10.5 Å². The highest BCUT2D eigenvalue weighted by Gasteiger charge is 2.20. The zero-order valence-corrected chi connectivity index (χ0v) is 21.5. The highest BCUT2D eigenvalue weighted by molar-refractivity contribution is 6.34. The minimum atomic E-state index is -1.01. The highest BCUT2D eigenvalue weighted by Crippen LogP contribution is 2.27. The van der Waals surface area contributed by atoms with E-state index in [1.54, 1.807) is 18.2 Å². The van der Waals surface area contributed by atoms with Crippen LogP contribution in [0.1, 0.15) is 34.8 Å². The van der Waals surface area contributed by atoms with Gasteiger partial charge in [0, 0.05) is 32.9 Å². The Morgan fingerprint density at radius 2 is 1.50 bits per heavy atom. The van der Waals surface area contributed by atoms with Gasteiger partial charge < -0.3 is 15.2 Å². The molecule has 0 bridgehead atoms. The molecule has 10 heteroatoms. The number of nitrogens with one attached hydrogen (secondary N) is 1. The third kappa shape index (κ3) is 7.88.